The fourth-order valence-electron chi connectivity index (χ4n) is 5.64. The van der Waals surface area contributed by atoms with E-state index in [1.165, 1.54) is 6.42 Å². The summed E-state index contributed by atoms with van der Waals surface area (Å²) in [6, 6.07) is -0.698. The maximum atomic E-state index is 14.0. The Kier molecular flexibility index (Phi) is 11.7. The van der Waals surface area contributed by atoms with Crippen molar-refractivity contribution in [3.8, 4) is 0 Å². The number of carbonyl (C=O) groups excluding carboxylic acids is 3. The third-order valence-electron chi connectivity index (χ3n) is 7.69. The number of hydrogen-bond donors (Lipinski definition) is 1. The Bertz CT molecular complexity index is 742. The van der Waals surface area contributed by atoms with Crippen molar-refractivity contribution < 1.29 is 19.1 Å². The van der Waals surface area contributed by atoms with Gasteiger partial charge in [-0.25, -0.2) is 4.79 Å². The number of esters is 1. The summed E-state index contributed by atoms with van der Waals surface area (Å²) in [7, 11) is 1.80. The van der Waals surface area contributed by atoms with Crippen molar-refractivity contribution in [2.75, 3.05) is 20.2 Å². The van der Waals surface area contributed by atoms with E-state index in [1.807, 2.05) is 19.9 Å². The fraction of sp³-hybridized carbons (Fsp3) is 0.821. The average molecular weight is 492 g/mol. The minimum absolute atomic E-state index is 0.0185. The van der Waals surface area contributed by atoms with Crippen LogP contribution in [0, 0.1) is 11.8 Å². The summed E-state index contributed by atoms with van der Waals surface area (Å²) in [5.41, 5.74) is 0.498. The standard InChI is InChI=1S/C28H49N3O4/c1-8-35-28(34)21(6)18-24(19(2)3)30(7)27(33)25(22-14-10-9-11-15-22)29-26(32)23-16-12-13-17-31(23)20(4)5/h18-20,22-25H,8-17H2,1-7H3,(H,29,32)/b21-18+/t23?,24-,25+/m1/s1. The van der Waals surface area contributed by atoms with Gasteiger partial charge in [0, 0.05) is 18.7 Å². The molecule has 2 fully saturated rings. The Hall–Kier alpha value is -1.89. The molecule has 200 valence electrons. The Morgan fingerprint density at radius 3 is 2.23 bits per heavy atom. The second kappa shape index (κ2) is 14.0. The normalized spacial score (nSPS) is 22.1. The first-order chi connectivity index (χ1) is 16.6. The van der Waals surface area contributed by atoms with E-state index >= 15 is 0 Å². The number of hydrogen-bond acceptors (Lipinski definition) is 5. The molecule has 1 aliphatic carbocycles. The number of rotatable bonds is 10. The smallest absolute Gasteiger partial charge is 0.333 e. The number of likely N-dealkylation sites (tertiary alicyclic amines) is 1. The van der Waals surface area contributed by atoms with Gasteiger partial charge in [-0.05, 0) is 71.8 Å². The molecule has 7 nitrogen and oxygen atoms in total. The maximum Gasteiger partial charge on any atom is 0.333 e. The fourth-order valence-corrected chi connectivity index (χ4v) is 5.64. The van der Waals surface area contributed by atoms with Gasteiger partial charge in [-0.15, -0.1) is 0 Å². The molecule has 1 N–H and O–H groups in total. The first kappa shape index (κ1) is 29.3. The summed E-state index contributed by atoms with van der Waals surface area (Å²) in [4.78, 5) is 43.7. The van der Waals surface area contributed by atoms with Crippen molar-refractivity contribution in [3.05, 3.63) is 11.6 Å². The Morgan fingerprint density at radius 2 is 1.66 bits per heavy atom. The quantitative estimate of drug-likeness (QED) is 0.364. The molecule has 0 aromatic heterocycles. The van der Waals surface area contributed by atoms with Crippen LogP contribution in [0.1, 0.15) is 92.9 Å². The zero-order valence-electron chi connectivity index (χ0n) is 23.1. The minimum Gasteiger partial charge on any atom is -0.463 e. The first-order valence-corrected chi connectivity index (χ1v) is 13.8. The van der Waals surface area contributed by atoms with Gasteiger partial charge in [-0.3, -0.25) is 14.5 Å². The van der Waals surface area contributed by atoms with E-state index in [-0.39, 0.29) is 41.7 Å². The first-order valence-electron chi connectivity index (χ1n) is 13.8. The molecule has 1 unspecified atom stereocenters. The summed E-state index contributed by atoms with van der Waals surface area (Å²) in [5.74, 6) is -0.200. The number of ether oxygens (including phenoxy) is 1. The highest BCUT2D eigenvalue weighted by molar-refractivity contribution is 5.91. The van der Waals surface area contributed by atoms with Crippen LogP contribution in [0.25, 0.3) is 0 Å². The van der Waals surface area contributed by atoms with Crippen LogP contribution in [-0.4, -0.2) is 72.0 Å². The lowest BCUT2D eigenvalue weighted by atomic mass is 9.82. The van der Waals surface area contributed by atoms with Crippen LogP contribution in [-0.2, 0) is 19.1 Å². The maximum absolute atomic E-state index is 14.0. The molecule has 3 atom stereocenters. The van der Waals surface area contributed by atoms with Crippen LogP contribution in [0.15, 0.2) is 11.6 Å². The van der Waals surface area contributed by atoms with Crippen LogP contribution < -0.4 is 5.32 Å². The molecule has 7 heteroatoms. The van der Waals surface area contributed by atoms with E-state index in [2.05, 4.69) is 24.1 Å². The van der Waals surface area contributed by atoms with E-state index < -0.39 is 6.04 Å². The molecule has 0 bridgehead atoms. The molecule has 0 aromatic rings. The summed E-state index contributed by atoms with van der Waals surface area (Å²) in [5, 5.41) is 3.23. The van der Waals surface area contributed by atoms with Gasteiger partial charge in [0.1, 0.15) is 6.04 Å². The molecule has 35 heavy (non-hydrogen) atoms. The number of nitrogens with one attached hydrogen (secondary N) is 1. The molecule has 1 saturated heterocycles. The van der Waals surface area contributed by atoms with Crippen molar-refractivity contribution >= 4 is 17.8 Å². The largest absolute Gasteiger partial charge is 0.463 e. The molecule has 2 rings (SSSR count). The van der Waals surface area contributed by atoms with Gasteiger partial charge in [0.25, 0.3) is 0 Å². The second-order valence-corrected chi connectivity index (χ2v) is 11.0. The molecule has 0 aromatic carbocycles. The monoisotopic (exact) mass is 491 g/mol. The highest BCUT2D eigenvalue weighted by atomic mass is 16.5. The van der Waals surface area contributed by atoms with Crippen LogP contribution in [0.4, 0.5) is 0 Å². The topological polar surface area (TPSA) is 79.0 Å². The van der Waals surface area contributed by atoms with Crippen LogP contribution in [0.2, 0.25) is 0 Å². The van der Waals surface area contributed by atoms with Gasteiger partial charge in [0.05, 0.1) is 18.7 Å². The second-order valence-electron chi connectivity index (χ2n) is 11.0. The molecule has 2 amide bonds. The third kappa shape index (κ3) is 8.06. The van der Waals surface area contributed by atoms with Crippen molar-refractivity contribution in [2.24, 2.45) is 11.8 Å². The van der Waals surface area contributed by atoms with Crippen molar-refractivity contribution in [1.82, 2.24) is 15.1 Å². The average Bonchev–Trinajstić information content (AvgIpc) is 2.85. The lowest BCUT2D eigenvalue weighted by molar-refractivity contribution is -0.141. The number of amides is 2. The minimum atomic E-state index is -0.540. The summed E-state index contributed by atoms with van der Waals surface area (Å²) < 4.78 is 5.14. The van der Waals surface area contributed by atoms with Gasteiger partial charge in [0.2, 0.25) is 11.8 Å². The van der Waals surface area contributed by atoms with Gasteiger partial charge >= 0.3 is 5.97 Å². The lowest BCUT2D eigenvalue weighted by Crippen LogP contribution is -2.59. The van der Waals surface area contributed by atoms with Crippen molar-refractivity contribution in [1.29, 1.82) is 0 Å². The van der Waals surface area contributed by atoms with Crippen LogP contribution >= 0.6 is 0 Å². The van der Waals surface area contributed by atoms with Gasteiger partial charge in [-0.1, -0.05) is 45.6 Å². The SMILES string of the molecule is CCOC(=O)/C(C)=C/[C@H](C(C)C)N(C)C(=O)[C@@H](NC(=O)C1CCCCN1C(C)C)C1CCCCC1. The number of piperidine rings is 1. The number of likely N-dealkylation sites (N-methyl/N-ethyl adjacent to an activating group) is 1. The predicted octanol–water partition coefficient (Wildman–Crippen LogP) is 4.31. The highest BCUT2D eigenvalue weighted by Crippen LogP contribution is 2.29. The van der Waals surface area contributed by atoms with Crippen LogP contribution in [0.5, 0.6) is 0 Å². The third-order valence-corrected chi connectivity index (χ3v) is 7.69. The summed E-state index contributed by atoms with van der Waals surface area (Å²) in [6.07, 6.45) is 10.1. The molecule has 0 radical (unpaired) electrons. The zero-order chi connectivity index (χ0) is 26.1. The number of carbonyl (C=O) groups is 3. The molecular weight excluding hydrogens is 442 g/mol. The van der Waals surface area contributed by atoms with Crippen LogP contribution in [0.3, 0.4) is 0 Å². The Morgan fingerprint density at radius 1 is 1.03 bits per heavy atom. The predicted molar refractivity (Wildman–Crippen MR) is 140 cm³/mol. The Labute approximate surface area is 213 Å². The van der Waals surface area contributed by atoms with E-state index in [0.717, 1.165) is 51.5 Å². The van der Waals surface area contributed by atoms with Gasteiger partial charge in [-0.2, -0.15) is 0 Å². The van der Waals surface area contributed by atoms with E-state index in [0.29, 0.717) is 18.2 Å². The molecule has 1 aliphatic heterocycles. The lowest BCUT2D eigenvalue weighted by Gasteiger charge is -2.40. The van der Waals surface area contributed by atoms with Crippen molar-refractivity contribution in [3.63, 3.8) is 0 Å². The van der Waals surface area contributed by atoms with E-state index in [4.69, 9.17) is 4.74 Å². The number of nitrogens with zero attached hydrogens (tertiary/aromatic N) is 2. The summed E-state index contributed by atoms with van der Waals surface area (Å²) in [6.45, 7) is 13.1. The summed E-state index contributed by atoms with van der Waals surface area (Å²) >= 11 is 0. The van der Waals surface area contributed by atoms with Gasteiger partial charge < -0.3 is 15.0 Å². The zero-order valence-corrected chi connectivity index (χ0v) is 23.1. The Balaban J connectivity index is 2.28. The molecule has 1 saturated carbocycles. The van der Waals surface area contributed by atoms with Crippen molar-refractivity contribution in [2.45, 2.75) is 117 Å². The molecular formula is C28H49N3O4. The molecule has 0 spiro atoms. The van der Waals surface area contributed by atoms with E-state index in [9.17, 15) is 14.4 Å². The van der Waals surface area contributed by atoms with E-state index in [1.54, 1.807) is 25.8 Å². The van der Waals surface area contributed by atoms with Gasteiger partial charge in [0.15, 0.2) is 0 Å². The molecule has 2 aliphatic rings. The molecule has 1 heterocycles. The highest BCUT2D eigenvalue weighted by Gasteiger charge is 2.38.